The van der Waals surface area contributed by atoms with Crippen LogP contribution in [0.2, 0.25) is 5.02 Å². The van der Waals surface area contributed by atoms with Crippen LogP contribution in [0.4, 0.5) is 4.39 Å². The Hall–Kier alpha value is -2.70. The Morgan fingerprint density at radius 2 is 1.74 bits per heavy atom. The number of thioether (sulfide) groups is 1. The zero-order chi connectivity index (χ0) is 18.6. The molecule has 0 atom stereocenters. The molecule has 7 heteroatoms. The molecule has 4 aromatic rings. The second kappa shape index (κ2) is 7.90. The predicted octanol–water partition coefficient (Wildman–Crippen LogP) is 5.41. The quantitative estimate of drug-likeness (QED) is 0.423. The highest BCUT2D eigenvalue weighted by atomic mass is 35.5. The van der Waals surface area contributed by atoms with Crippen molar-refractivity contribution in [3.63, 3.8) is 0 Å². The molecule has 4 rings (SSSR count). The third-order valence-corrected chi connectivity index (χ3v) is 5.17. The summed E-state index contributed by atoms with van der Waals surface area (Å²) < 4.78 is 15.4. The molecule has 134 valence electrons. The summed E-state index contributed by atoms with van der Waals surface area (Å²) in [5.41, 5.74) is 2.69. The highest BCUT2D eigenvalue weighted by molar-refractivity contribution is 7.98. The Labute approximate surface area is 165 Å². The summed E-state index contributed by atoms with van der Waals surface area (Å²) in [7, 11) is 0. The number of hydrogen-bond acceptors (Lipinski definition) is 4. The minimum Gasteiger partial charge on any atom is -0.270 e. The molecule has 0 aliphatic rings. The van der Waals surface area contributed by atoms with Gasteiger partial charge in [-0.25, -0.2) is 4.39 Å². The van der Waals surface area contributed by atoms with Crippen LogP contribution in [0.5, 0.6) is 0 Å². The van der Waals surface area contributed by atoms with Crippen molar-refractivity contribution in [1.82, 2.24) is 19.7 Å². The first-order chi connectivity index (χ1) is 13.2. The maximum atomic E-state index is 13.4. The molecule has 2 heterocycles. The van der Waals surface area contributed by atoms with E-state index in [-0.39, 0.29) is 5.82 Å². The van der Waals surface area contributed by atoms with E-state index in [1.807, 2.05) is 47.0 Å². The summed E-state index contributed by atoms with van der Waals surface area (Å²) in [5, 5.41) is 10.1. The fraction of sp³-hybridized carbons (Fsp3) is 0.0500. The van der Waals surface area contributed by atoms with E-state index in [0.717, 1.165) is 16.8 Å². The minimum absolute atomic E-state index is 0.246. The predicted molar refractivity (Wildman–Crippen MR) is 106 cm³/mol. The van der Waals surface area contributed by atoms with Gasteiger partial charge in [0, 0.05) is 34.4 Å². The van der Waals surface area contributed by atoms with Crippen molar-refractivity contribution in [2.45, 2.75) is 10.9 Å². The van der Waals surface area contributed by atoms with E-state index >= 15 is 0 Å². The Morgan fingerprint density at radius 3 is 2.48 bits per heavy atom. The van der Waals surface area contributed by atoms with E-state index in [4.69, 9.17) is 11.6 Å². The molecule has 0 fully saturated rings. The molecule has 2 aromatic heterocycles. The Kier molecular flexibility index (Phi) is 5.18. The molecule has 0 radical (unpaired) electrons. The third kappa shape index (κ3) is 4.02. The normalized spacial score (nSPS) is 10.9. The van der Waals surface area contributed by atoms with Crippen molar-refractivity contribution in [3.05, 3.63) is 89.5 Å². The lowest BCUT2D eigenvalue weighted by molar-refractivity contribution is 0.626. The molecule has 0 spiro atoms. The van der Waals surface area contributed by atoms with Crippen LogP contribution in [-0.2, 0) is 5.75 Å². The van der Waals surface area contributed by atoms with Crippen LogP contribution in [0.25, 0.3) is 17.1 Å². The van der Waals surface area contributed by atoms with Gasteiger partial charge in [-0.1, -0.05) is 35.5 Å². The second-order valence-corrected chi connectivity index (χ2v) is 7.15. The zero-order valence-electron chi connectivity index (χ0n) is 14.1. The average molecular weight is 397 g/mol. The van der Waals surface area contributed by atoms with Crippen molar-refractivity contribution in [1.29, 1.82) is 0 Å². The van der Waals surface area contributed by atoms with Crippen LogP contribution in [0, 0.1) is 5.82 Å². The Morgan fingerprint density at radius 1 is 0.963 bits per heavy atom. The van der Waals surface area contributed by atoms with Crippen LogP contribution in [0.15, 0.2) is 78.2 Å². The van der Waals surface area contributed by atoms with Crippen molar-refractivity contribution < 1.29 is 4.39 Å². The second-order valence-electron chi connectivity index (χ2n) is 5.77. The lowest BCUT2D eigenvalue weighted by atomic mass is 10.2. The van der Waals surface area contributed by atoms with E-state index in [1.165, 1.54) is 23.9 Å². The SMILES string of the molecule is Fc1cccc(CSc2nnc(-c3ccncc3)n2-c2ccc(Cl)cc2)c1. The van der Waals surface area contributed by atoms with E-state index in [2.05, 4.69) is 15.2 Å². The molecule has 0 unspecified atom stereocenters. The molecule has 4 nitrogen and oxygen atoms in total. The van der Waals surface area contributed by atoms with Gasteiger partial charge >= 0.3 is 0 Å². The number of rotatable bonds is 5. The lowest BCUT2D eigenvalue weighted by Gasteiger charge is -2.10. The largest absolute Gasteiger partial charge is 0.270 e. The van der Waals surface area contributed by atoms with Crippen LogP contribution in [0.3, 0.4) is 0 Å². The molecule has 0 bridgehead atoms. The topological polar surface area (TPSA) is 43.6 Å². The van der Waals surface area contributed by atoms with Gasteiger partial charge in [0.05, 0.1) is 0 Å². The van der Waals surface area contributed by atoms with Gasteiger partial charge in [0.15, 0.2) is 11.0 Å². The summed E-state index contributed by atoms with van der Waals surface area (Å²) in [6.45, 7) is 0. The monoisotopic (exact) mass is 396 g/mol. The van der Waals surface area contributed by atoms with Crippen LogP contribution in [0.1, 0.15) is 5.56 Å². The van der Waals surface area contributed by atoms with E-state index in [0.29, 0.717) is 21.8 Å². The Balaban J connectivity index is 1.73. The summed E-state index contributed by atoms with van der Waals surface area (Å²) in [5.74, 6) is 1.05. The molecule has 0 N–H and O–H groups in total. The van der Waals surface area contributed by atoms with Crippen molar-refractivity contribution >= 4 is 23.4 Å². The van der Waals surface area contributed by atoms with Crippen molar-refractivity contribution in [3.8, 4) is 17.1 Å². The zero-order valence-corrected chi connectivity index (χ0v) is 15.7. The molecule has 0 saturated carbocycles. The number of nitrogens with zero attached hydrogens (tertiary/aromatic N) is 4. The highest BCUT2D eigenvalue weighted by Crippen LogP contribution is 2.30. The fourth-order valence-electron chi connectivity index (χ4n) is 2.65. The van der Waals surface area contributed by atoms with Gasteiger partial charge in [0.2, 0.25) is 0 Å². The summed E-state index contributed by atoms with van der Waals surface area (Å²) in [6, 6.07) is 17.8. The molecule has 0 saturated heterocycles. The Bertz CT molecular complexity index is 1050. The molecule has 0 aliphatic heterocycles. The van der Waals surface area contributed by atoms with Gasteiger partial charge in [0.1, 0.15) is 5.82 Å². The van der Waals surface area contributed by atoms with Gasteiger partial charge < -0.3 is 0 Å². The minimum atomic E-state index is -0.246. The van der Waals surface area contributed by atoms with Gasteiger partial charge in [-0.3, -0.25) is 9.55 Å². The van der Waals surface area contributed by atoms with E-state index in [9.17, 15) is 4.39 Å². The van der Waals surface area contributed by atoms with Crippen molar-refractivity contribution in [2.24, 2.45) is 0 Å². The van der Waals surface area contributed by atoms with E-state index < -0.39 is 0 Å². The maximum absolute atomic E-state index is 13.4. The number of halogens is 2. The number of hydrogen-bond donors (Lipinski definition) is 0. The summed E-state index contributed by atoms with van der Waals surface area (Å²) in [6.07, 6.45) is 3.44. The first kappa shape index (κ1) is 17.7. The fourth-order valence-corrected chi connectivity index (χ4v) is 3.67. The standard InChI is InChI=1S/C20H14ClFN4S/c21-16-4-6-18(7-5-16)26-19(15-8-10-23-11-9-15)24-25-20(26)27-13-14-2-1-3-17(22)12-14/h1-12H,13H2. The van der Waals surface area contributed by atoms with Crippen LogP contribution < -0.4 is 0 Å². The number of pyridine rings is 1. The molecular weight excluding hydrogens is 383 g/mol. The first-order valence-corrected chi connectivity index (χ1v) is 9.56. The molecule has 2 aromatic carbocycles. The van der Waals surface area contributed by atoms with Gasteiger partial charge in [0.25, 0.3) is 0 Å². The number of benzene rings is 2. The van der Waals surface area contributed by atoms with Crippen LogP contribution >= 0.6 is 23.4 Å². The smallest absolute Gasteiger partial charge is 0.196 e. The maximum Gasteiger partial charge on any atom is 0.196 e. The summed E-state index contributed by atoms with van der Waals surface area (Å²) >= 11 is 7.53. The highest BCUT2D eigenvalue weighted by Gasteiger charge is 2.16. The summed E-state index contributed by atoms with van der Waals surface area (Å²) in [4.78, 5) is 4.06. The molecule has 27 heavy (non-hydrogen) atoms. The first-order valence-electron chi connectivity index (χ1n) is 8.20. The molecule has 0 aliphatic carbocycles. The van der Waals surface area contributed by atoms with E-state index in [1.54, 1.807) is 18.5 Å². The van der Waals surface area contributed by atoms with Gasteiger partial charge in [-0.2, -0.15) is 0 Å². The van der Waals surface area contributed by atoms with Crippen LogP contribution in [-0.4, -0.2) is 19.7 Å². The average Bonchev–Trinajstić information content (AvgIpc) is 3.12. The molecule has 0 amide bonds. The van der Waals surface area contributed by atoms with Gasteiger partial charge in [-0.05, 0) is 54.1 Å². The van der Waals surface area contributed by atoms with Gasteiger partial charge in [-0.15, -0.1) is 10.2 Å². The third-order valence-electron chi connectivity index (χ3n) is 3.91. The number of aromatic nitrogens is 4. The van der Waals surface area contributed by atoms with Crippen molar-refractivity contribution in [2.75, 3.05) is 0 Å². The molecular formula is C20H14ClFN4S. The lowest BCUT2D eigenvalue weighted by Crippen LogP contribution is -1.99.